The number of benzene rings is 2. The maximum atomic E-state index is 6.09. The van der Waals surface area contributed by atoms with Crippen LogP contribution in [0.5, 0.6) is 5.75 Å². The Morgan fingerprint density at radius 3 is 2.15 bits per heavy atom. The minimum atomic E-state index is -0.129. The number of hydrogen-bond acceptors (Lipinski definition) is 2. The van der Waals surface area contributed by atoms with Crippen LogP contribution in [0.25, 0.3) is 0 Å². The fraction of sp³-hybridized carbons (Fsp3) is 0.222. The van der Waals surface area contributed by atoms with Crippen LogP contribution in [0.2, 0.25) is 0 Å². The second-order valence-electron chi connectivity index (χ2n) is 4.62. The third kappa shape index (κ3) is 3.49. The zero-order valence-corrected chi connectivity index (χ0v) is 12.0. The number of ether oxygens (including phenoxy) is 2. The van der Waals surface area contributed by atoms with Crippen molar-refractivity contribution in [3.05, 3.63) is 78.4 Å². The second-order valence-corrected chi connectivity index (χ2v) is 4.62. The lowest BCUT2D eigenvalue weighted by Gasteiger charge is -2.20. The van der Waals surface area contributed by atoms with Crippen molar-refractivity contribution in [2.45, 2.75) is 19.1 Å². The monoisotopic (exact) mass is 268 g/mol. The van der Waals surface area contributed by atoms with Gasteiger partial charge in [0.25, 0.3) is 0 Å². The van der Waals surface area contributed by atoms with Crippen LogP contribution in [0.15, 0.2) is 67.3 Å². The summed E-state index contributed by atoms with van der Waals surface area (Å²) in [7, 11) is 1.66. The van der Waals surface area contributed by atoms with Crippen LogP contribution in [0.1, 0.15) is 30.3 Å². The van der Waals surface area contributed by atoms with E-state index in [1.54, 1.807) is 7.11 Å². The van der Waals surface area contributed by atoms with Gasteiger partial charge in [0.15, 0.2) is 0 Å². The molecule has 2 nitrogen and oxygen atoms in total. The highest BCUT2D eigenvalue weighted by molar-refractivity contribution is 5.30. The van der Waals surface area contributed by atoms with Gasteiger partial charge in [-0.15, -0.1) is 6.58 Å². The van der Waals surface area contributed by atoms with Crippen molar-refractivity contribution >= 4 is 0 Å². The average Bonchev–Trinajstić information content (AvgIpc) is 2.53. The molecule has 0 spiro atoms. The smallest absolute Gasteiger partial charge is 0.118 e. The Hall–Kier alpha value is -2.06. The van der Waals surface area contributed by atoms with Crippen LogP contribution < -0.4 is 4.74 Å². The van der Waals surface area contributed by atoms with Gasteiger partial charge in [0, 0.05) is 0 Å². The SMILES string of the molecule is C=C[C@@H](O[C@@H](C)c1ccccc1)c1ccc(OC)cc1. The van der Waals surface area contributed by atoms with Gasteiger partial charge in [-0.2, -0.15) is 0 Å². The molecule has 0 aliphatic rings. The molecule has 0 aliphatic carbocycles. The molecule has 104 valence electrons. The summed E-state index contributed by atoms with van der Waals surface area (Å²) in [6.45, 7) is 5.92. The van der Waals surface area contributed by atoms with Crippen molar-refractivity contribution in [2.75, 3.05) is 7.11 Å². The minimum absolute atomic E-state index is 0.0151. The van der Waals surface area contributed by atoms with E-state index in [2.05, 4.69) is 25.6 Å². The Kier molecular flexibility index (Phi) is 4.97. The summed E-state index contributed by atoms with van der Waals surface area (Å²) in [4.78, 5) is 0. The largest absolute Gasteiger partial charge is 0.497 e. The first kappa shape index (κ1) is 14.4. The van der Waals surface area contributed by atoms with Crippen molar-refractivity contribution in [1.82, 2.24) is 0 Å². The van der Waals surface area contributed by atoms with Crippen LogP contribution in [0.4, 0.5) is 0 Å². The molecule has 0 radical (unpaired) electrons. The summed E-state index contributed by atoms with van der Waals surface area (Å²) in [5.41, 5.74) is 2.23. The molecular formula is C18H20O2. The van der Waals surface area contributed by atoms with Crippen LogP contribution in [0, 0.1) is 0 Å². The van der Waals surface area contributed by atoms with Crippen LogP contribution in [-0.2, 0) is 4.74 Å². The normalized spacial score (nSPS) is 13.5. The lowest BCUT2D eigenvalue weighted by molar-refractivity contribution is 0.0226. The van der Waals surface area contributed by atoms with Crippen molar-refractivity contribution in [3.63, 3.8) is 0 Å². The summed E-state index contributed by atoms with van der Waals surface area (Å²) < 4.78 is 11.3. The fourth-order valence-electron chi connectivity index (χ4n) is 2.09. The molecule has 2 heteroatoms. The molecule has 2 atom stereocenters. The summed E-state index contributed by atoms with van der Waals surface area (Å²) in [5, 5.41) is 0. The Labute approximate surface area is 120 Å². The lowest BCUT2D eigenvalue weighted by Crippen LogP contribution is -2.06. The first-order chi connectivity index (χ1) is 9.74. The Bertz CT molecular complexity index is 531. The van der Waals surface area contributed by atoms with Crippen molar-refractivity contribution in [1.29, 1.82) is 0 Å². The summed E-state index contributed by atoms with van der Waals surface area (Å²) >= 11 is 0. The van der Waals surface area contributed by atoms with E-state index in [0.717, 1.165) is 16.9 Å². The summed E-state index contributed by atoms with van der Waals surface area (Å²) in [6.07, 6.45) is 1.71. The predicted octanol–water partition coefficient (Wildman–Crippen LogP) is 4.70. The first-order valence-electron chi connectivity index (χ1n) is 6.71. The van der Waals surface area contributed by atoms with Gasteiger partial charge in [-0.05, 0) is 30.2 Å². The molecule has 0 saturated carbocycles. The predicted molar refractivity (Wildman–Crippen MR) is 81.9 cm³/mol. The molecule has 0 amide bonds. The van der Waals surface area contributed by atoms with Gasteiger partial charge in [0.1, 0.15) is 11.9 Å². The lowest BCUT2D eigenvalue weighted by atomic mass is 10.1. The van der Waals surface area contributed by atoms with Crippen LogP contribution in [0.3, 0.4) is 0 Å². The quantitative estimate of drug-likeness (QED) is 0.707. The Morgan fingerprint density at radius 2 is 1.60 bits per heavy atom. The molecule has 0 aromatic heterocycles. The summed E-state index contributed by atoms with van der Waals surface area (Å²) in [5.74, 6) is 0.840. The van der Waals surface area contributed by atoms with Gasteiger partial charge in [-0.3, -0.25) is 0 Å². The van der Waals surface area contributed by atoms with E-state index in [1.807, 2.05) is 48.5 Å². The fourth-order valence-corrected chi connectivity index (χ4v) is 2.09. The van der Waals surface area contributed by atoms with Gasteiger partial charge in [0.05, 0.1) is 13.2 Å². The van der Waals surface area contributed by atoms with E-state index >= 15 is 0 Å². The Morgan fingerprint density at radius 1 is 0.950 bits per heavy atom. The second kappa shape index (κ2) is 6.92. The highest BCUT2D eigenvalue weighted by Crippen LogP contribution is 2.28. The molecule has 0 aliphatic heterocycles. The molecule has 2 aromatic rings. The molecule has 0 heterocycles. The van der Waals surface area contributed by atoms with E-state index in [9.17, 15) is 0 Å². The highest BCUT2D eigenvalue weighted by Gasteiger charge is 2.13. The molecule has 20 heavy (non-hydrogen) atoms. The van der Waals surface area contributed by atoms with E-state index < -0.39 is 0 Å². The van der Waals surface area contributed by atoms with Crippen LogP contribution in [-0.4, -0.2) is 7.11 Å². The van der Waals surface area contributed by atoms with Gasteiger partial charge in [-0.25, -0.2) is 0 Å². The average molecular weight is 268 g/mol. The molecule has 0 bridgehead atoms. The van der Waals surface area contributed by atoms with Crippen molar-refractivity contribution in [3.8, 4) is 5.75 Å². The number of rotatable bonds is 6. The Balaban J connectivity index is 2.10. The van der Waals surface area contributed by atoms with Gasteiger partial charge >= 0.3 is 0 Å². The standard InChI is InChI=1S/C18H20O2/c1-4-18(16-10-12-17(19-3)13-11-16)20-14(2)15-8-6-5-7-9-15/h4-14,18H,1H2,2-3H3/t14-,18+/m0/s1. The topological polar surface area (TPSA) is 18.5 Å². The zero-order valence-electron chi connectivity index (χ0n) is 12.0. The maximum absolute atomic E-state index is 6.09. The van der Waals surface area contributed by atoms with Crippen molar-refractivity contribution in [2.24, 2.45) is 0 Å². The highest BCUT2D eigenvalue weighted by atomic mass is 16.5. The van der Waals surface area contributed by atoms with E-state index in [0.29, 0.717) is 0 Å². The first-order valence-corrected chi connectivity index (χ1v) is 6.71. The minimum Gasteiger partial charge on any atom is -0.497 e. The van der Waals surface area contributed by atoms with Gasteiger partial charge < -0.3 is 9.47 Å². The molecule has 0 fully saturated rings. The number of hydrogen-bond donors (Lipinski definition) is 0. The maximum Gasteiger partial charge on any atom is 0.118 e. The number of methoxy groups -OCH3 is 1. The van der Waals surface area contributed by atoms with E-state index in [4.69, 9.17) is 9.47 Å². The third-order valence-corrected chi connectivity index (χ3v) is 3.28. The molecular weight excluding hydrogens is 248 g/mol. The third-order valence-electron chi connectivity index (χ3n) is 3.28. The van der Waals surface area contributed by atoms with Crippen LogP contribution >= 0.6 is 0 Å². The molecule has 2 rings (SSSR count). The molecule has 0 unspecified atom stereocenters. The van der Waals surface area contributed by atoms with Crippen molar-refractivity contribution < 1.29 is 9.47 Å². The van der Waals surface area contributed by atoms with Gasteiger partial charge in [-0.1, -0.05) is 48.5 Å². The van der Waals surface area contributed by atoms with E-state index in [1.165, 1.54) is 0 Å². The zero-order chi connectivity index (χ0) is 14.4. The molecule has 0 N–H and O–H groups in total. The molecule has 2 aromatic carbocycles. The molecule has 0 saturated heterocycles. The van der Waals surface area contributed by atoms with E-state index in [-0.39, 0.29) is 12.2 Å². The van der Waals surface area contributed by atoms with Gasteiger partial charge in [0.2, 0.25) is 0 Å². The summed E-state index contributed by atoms with van der Waals surface area (Å²) in [6, 6.07) is 18.1.